The number of benzene rings is 1. The van der Waals surface area contributed by atoms with Crippen LogP contribution in [0.15, 0.2) is 28.7 Å². The summed E-state index contributed by atoms with van der Waals surface area (Å²) >= 11 is 5.36. The van der Waals surface area contributed by atoms with Crippen molar-refractivity contribution in [2.45, 2.75) is 32.5 Å². The SMILES string of the molecule is C#CC(C)NC(=O)c1n[nH]c2c1CCN(Cc1cc3cc(Br)ccc3s1)C2. The molecule has 4 rings (SSSR count). The van der Waals surface area contributed by atoms with Gasteiger partial charge in [-0.25, -0.2) is 0 Å². The lowest BCUT2D eigenvalue weighted by Gasteiger charge is -2.26. The molecule has 2 aromatic heterocycles. The van der Waals surface area contributed by atoms with Crippen LogP contribution in [0.2, 0.25) is 0 Å². The number of rotatable bonds is 4. The molecule has 138 valence electrons. The number of hydrogen-bond acceptors (Lipinski definition) is 4. The minimum Gasteiger partial charge on any atom is -0.337 e. The summed E-state index contributed by atoms with van der Waals surface area (Å²) in [6.45, 7) is 4.33. The summed E-state index contributed by atoms with van der Waals surface area (Å²) in [7, 11) is 0. The van der Waals surface area contributed by atoms with Crippen LogP contribution in [-0.4, -0.2) is 33.6 Å². The summed E-state index contributed by atoms with van der Waals surface area (Å²) in [6.07, 6.45) is 6.14. The van der Waals surface area contributed by atoms with Crippen LogP contribution in [0, 0.1) is 12.3 Å². The van der Waals surface area contributed by atoms with Crippen molar-refractivity contribution >= 4 is 43.3 Å². The van der Waals surface area contributed by atoms with Crippen LogP contribution in [0.5, 0.6) is 0 Å². The number of carbonyl (C=O) groups is 1. The molecule has 1 atom stereocenters. The van der Waals surface area contributed by atoms with Gasteiger partial charge < -0.3 is 5.32 Å². The van der Waals surface area contributed by atoms with Crippen molar-refractivity contribution in [3.63, 3.8) is 0 Å². The summed E-state index contributed by atoms with van der Waals surface area (Å²) in [5.74, 6) is 2.30. The van der Waals surface area contributed by atoms with Crippen molar-refractivity contribution in [1.82, 2.24) is 20.4 Å². The lowest BCUT2D eigenvalue weighted by Crippen LogP contribution is -2.34. The van der Waals surface area contributed by atoms with Crippen LogP contribution in [0.4, 0.5) is 0 Å². The number of thiophene rings is 1. The Balaban J connectivity index is 1.47. The van der Waals surface area contributed by atoms with E-state index in [1.54, 1.807) is 6.92 Å². The summed E-state index contributed by atoms with van der Waals surface area (Å²) < 4.78 is 2.40. The third-order valence-corrected chi connectivity index (χ3v) is 6.33. The molecular weight excluding hydrogens is 424 g/mol. The second kappa shape index (κ2) is 7.47. The number of hydrogen-bond donors (Lipinski definition) is 2. The minimum absolute atomic E-state index is 0.207. The Morgan fingerprint density at radius 3 is 3.19 bits per heavy atom. The quantitative estimate of drug-likeness (QED) is 0.605. The second-order valence-electron chi connectivity index (χ2n) is 6.75. The molecule has 0 saturated carbocycles. The highest BCUT2D eigenvalue weighted by Gasteiger charge is 2.25. The third-order valence-electron chi connectivity index (χ3n) is 4.73. The molecule has 7 heteroatoms. The van der Waals surface area contributed by atoms with E-state index < -0.39 is 0 Å². The molecule has 1 aliphatic rings. The van der Waals surface area contributed by atoms with Gasteiger partial charge in [0.15, 0.2) is 5.69 Å². The van der Waals surface area contributed by atoms with E-state index in [-0.39, 0.29) is 11.9 Å². The van der Waals surface area contributed by atoms with Gasteiger partial charge in [0.2, 0.25) is 0 Å². The van der Waals surface area contributed by atoms with Crippen molar-refractivity contribution in [3.8, 4) is 12.3 Å². The average Bonchev–Trinajstić information content (AvgIpc) is 3.24. The first-order chi connectivity index (χ1) is 13.0. The number of carbonyl (C=O) groups excluding carboxylic acids is 1. The molecule has 0 radical (unpaired) electrons. The fourth-order valence-electron chi connectivity index (χ4n) is 3.37. The summed E-state index contributed by atoms with van der Waals surface area (Å²) in [5.41, 5.74) is 2.50. The van der Waals surface area contributed by atoms with Gasteiger partial charge >= 0.3 is 0 Å². The van der Waals surface area contributed by atoms with Crippen LogP contribution in [0.3, 0.4) is 0 Å². The maximum absolute atomic E-state index is 12.3. The number of nitrogens with one attached hydrogen (secondary N) is 2. The zero-order chi connectivity index (χ0) is 19.0. The number of aromatic nitrogens is 2. The molecule has 0 bridgehead atoms. The Labute approximate surface area is 170 Å². The Kier molecular flexibility index (Phi) is 5.04. The number of fused-ring (bicyclic) bond motifs is 2. The maximum atomic E-state index is 12.3. The highest BCUT2D eigenvalue weighted by Crippen LogP contribution is 2.30. The zero-order valence-corrected chi connectivity index (χ0v) is 17.3. The van der Waals surface area contributed by atoms with Crippen molar-refractivity contribution in [1.29, 1.82) is 0 Å². The van der Waals surface area contributed by atoms with Gasteiger partial charge in [-0.1, -0.05) is 21.9 Å². The van der Waals surface area contributed by atoms with Crippen molar-refractivity contribution in [3.05, 3.63) is 50.6 Å². The van der Waals surface area contributed by atoms with Crippen molar-refractivity contribution < 1.29 is 4.79 Å². The molecule has 27 heavy (non-hydrogen) atoms. The summed E-state index contributed by atoms with van der Waals surface area (Å²) in [4.78, 5) is 16.1. The van der Waals surface area contributed by atoms with Crippen LogP contribution in [-0.2, 0) is 19.5 Å². The van der Waals surface area contributed by atoms with E-state index in [1.807, 2.05) is 11.3 Å². The Morgan fingerprint density at radius 2 is 2.37 bits per heavy atom. The molecule has 3 heterocycles. The number of nitrogens with zero attached hydrogens (tertiary/aromatic N) is 2. The van der Waals surface area contributed by atoms with Crippen LogP contribution in [0.1, 0.15) is 33.5 Å². The largest absolute Gasteiger partial charge is 0.337 e. The molecule has 0 spiro atoms. The smallest absolute Gasteiger partial charge is 0.273 e. The Morgan fingerprint density at radius 1 is 1.52 bits per heavy atom. The normalized spacial score (nSPS) is 15.3. The number of halogens is 1. The van der Waals surface area contributed by atoms with Crippen LogP contribution >= 0.6 is 27.3 Å². The monoisotopic (exact) mass is 442 g/mol. The molecule has 1 aromatic carbocycles. The zero-order valence-electron chi connectivity index (χ0n) is 14.9. The molecule has 0 aliphatic carbocycles. The van der Waals surface area contributed by atoms with E-state index in [0.717, 1.165) is 41.8 Å². The van der Waals surface area contributed by atoms with Crippen molar-refractivity contribution in [2.75, 3.05) is 6.54 Å². The average molecular weight is 443 g/mol. The molecule has 1 unspecified atom stereocenters. The molecule has 1 aliphatic heterocycles. The predicted octanol–water partition coefficient (Wildman–Crippen LogP) is 3.70. The van der Waals surface area contributed by atoms with Gasteiger partial charge in [0.05, 0.1) is 11.7 Å². The van der Waals surface area contributed by atoms with E-state index in [9.17, 15) is 4.79 Å². The first kappa shape index (κ1) is 18.2. The van der Waals surface area contributed by atoms with Gasteiger partial charge in [0, 0.05) is 39.2 Å². The van der Waals surface area contributed by atoms with Gasteiger partial charge in [-0.2, -0.15) is 5.10 Å². The molecule has 3 aromatic rings. The Hall–Kier alpha value is -2.14. The number of H-pyrrole nitrogens is 1. The highest BCUT2D eigenvalue weighted by molar-refractivity contribution is 9.10. The molecule has 5 nitrogen and oxygen atoms in total. The van der Waals surface area contributed by atoms with Crippen LogP contribution in [0.25, 0.3) is 10.1 Å². The van der Waals surface area contributed by atoms with Gasteiger partial charge in [0.25, 0.3) is 5.91 Å². The van der Waals surface area contributed by atoms with Gasteiger partial charge in [-0.05, 0) is 43.0 Å². The number of terminal acetylenes is 1. The van der Waals surface area contributed by atoms with E-state index >= 15 is 0 Å². The molecular formula is C20H19BrN4OS. The summed E-state index contributed by atoms with van der Waals surface area (Å²) in [6, 6.07) is 8.33. The highest BCUT2D eigenvalue weighted by atomic mass is 79.9. The fraction of sp³-hybridized carbons (Fsp3) is 0.300. The molecule has 2 N–H and O–H groups in total. The van der Waals surface area contributed by atoms with Gasteiger partial charge in [0.1, 0.15) is 0 Å². The summed E-state index contributed by atoms with van der Waals surface area (Å²) in [5, 5.41) is 11.3. The van der Waals surface area contributed by atoms with Crippen LogP contribution < -0.4 is 5.32 Å². The molecule has 1 amide bonds. The molecule has 0 saturated heterocycles. The van der Waals surface area contributed by atoms with Gasteiger partial charge in [-0.15, -0.1) is 17.8 Å². The predicted molar refractivity (Wildman–Crippen MR) is 112 cm³/mol. The minimum atomic E-state index is -0.307. The topological polar surface area (TPSA) is 61.0 Å². The lowest BCUT2D eigenvalue weighted by atomic mass is 10.0. The van der Waals surface area contributed by atoms with E-state index in [4.69, 9.17) is 6.42 Å². The van der Waals surface area contributed by atoms with Crippen molar-refractivity contribution in [2.24, 2.45) is 0 Å². The van der Waals surface area contributed by atoms with E-state index in [1.165, 1.54) is 15.0 Å². The lowest BCUT2D eigenvalue weighted by molar-refractivity contribution is 0.0941. The first-order valence-corrected chi connectivity index (χ1v) is 10.4. The number of aromatic amines is 1. The standard InChI is InChI=1S/C20H19BrN4OS/c1-3-12(2)22-20(26)19-16-6-7-25(11-17(16)23-24-19)10-15-9-13-8-14(21)4-5-18(13)27-15/h1,4-5,8-9,12H,6-7,10-11H2,2H3,(H,22,26)(H,23,24). The fourth-order valence-corrected chi connectivity index (χ4v) is 4.84. The first-order valence-electron chi connectivity index (χ1n) is 8.77. The maximum Gasteiger partial charge on any atom is 0.273 e. The third kappa shape index (κ3) is 3.79. The second-order valence-corrected chi connectivity index (χ2v) is 8.83. The number of amides is 1. The van der Waals surface area contributed by atoms with Gasteiger partial charge in [-0.3, -0.25) is 14.8 Å². The molecule has 0 fully saturated rings. The Bertz CT molecular complexity index is 1050. The van der Waals surface area contributed by atoms with E-state index in [0.29, 0.717) is 5.69 Å². The van der Waals surface area contributed by atoms with E-state index in [2.05, 4.69) is 66.5 Å².